The van der Waals surface area contributed by atoms with Gasteiger partial charge in [-0.25, -0.2) is 0 Å². The third kappa shape index (κ3) is 0.948. The van der Waals surface area contributed by atoms with Crippen LogP contribution in [0, 0.1) is 5.41 Å². The molecule has 2 fully saturated rings. The zero-order valence-electron chi connectivity index (χ0n) is 7.09. The summed E-state index contributed by atoms with van der Waals surface area (Å²) in [4.78, 5) is 24.4. The number of piperidine rings is 1. The van der Waals surface area contributed by atoms with E-state index >= 15 is 0 Å². The van der Waals surface area contributed by atoms with E-state index in [0.717, 1.165) is 13.1 Å². The molecule has 0 unspecified atom stereocenters. The molecule has 0 aromatic rings. The van der Waals surface area contributed by atoms with E-state index < -0.39 is 0 Å². The van der Waals surface area contributed by atoms with Gasteiger partial charge in [0.2, 0.25) is 5.91 Å². The number of hydrogen-bond acceptors (Lipinski definition) is 3. The van der Waals surface area contributed by atoms with Gasteiger partial charge in [0.15, 0.2) is 5.78 Å². The van der Waals surface area contributed by atoms with E-state index in [9.17, 15) is 9.59 Å². The highest BCUT2D eigenvalue weighted by atomic mass is 16.2. The lowest BCUT2D eigenvalue weighted by molar-refractivity contribution is -0.146. The van der Waals surface area contributed by atoms with Crippen LogP contribution in [0.25, 0.3) is 0 Å². The molecule has 2 aliphatic heterocycles. The topological polar surface area (TPSA) is 49.4 Å². The molecule has 0 atom stereocenters. The number of carbonyl (C=O) groups excluding carboxylic acids is 2. The molecule has 0 aromatic carbocycles. The number of hydrogen-bond donors (Lipinski definition) is 1. The maximum Gasteiger partial charge on any atom is 0.227 e. The van der Waals surface area contributed by atoms with Gasteiger partial charge in [-0.05, 0) is 7.05 Å². The Kier molecular flexibility index (Phi) is 1.48. The van der Waals surface area contributed by atoms with Crippen LogP contribution in [0.15, 0.2) is 0 Å². The summed E-state index contributed by atoms with van der Waals surface area (Å²) in [5, 5.41) is 2.74. The Morgan fingerprint density at radius 2 is 2.08 bits per heavy atom. The van der Waals surface area contributed by atoms with Crippen molar-refractivity contribution in [2.24, 2.45) is 5.41 Å². The lowest BCUT2D eigenvalue weighted by Gasteiger charge is -2.49. The molecule has 2 heterocycles. The van der Waals surface area contributed by atoms with E-state index in [2.05, 4.69) is 10.2 Å². The van der Waals surface area contributed by atoms with Crippen molar-refractivity contribution < 1.29 is 9.59 Å². The molecule has 2 rings (SSSR count). The van der Waals surface area contributed by atoms with Crippen molar-refractivity contribution in [3.63, 3.8) is 0 Å². The highest BCUT2D eigenvalue weighted by molar-refractivity contribution is 6.04. The van der Waals surface area contributed by atoms with Gasteiger partial charge >= 0.3 is 0 Å². The fraction of sp³-hybridized carbons (Fsp3) is 0.750. The number of rotatable bonds is 0. The second-order valence-electron chi connectivity index (χ2n) is 3.83. The number of likely N-dealkylation sites (tertiary alicyclic amines) is 1. The Bertz CT molecular complexity index is 243. The van der Waals surface area contributed by atoms with Gasteiger partial charge in [-0.2, -0.15) is 0 Å². The van der Waals surface area contributed by atoms with Crippen molar-refractivity contribution in [2.75, 3.05) is 26.7 Å². The molecule has 2 saturated heterocycles. The summed E-state index contributed by atoms with van der Waals surface area (Å²) in [5.41, 5.74) is -0.233. The van der Waals surface area contributed by atoms with Crippen LogP contribution < -0.4 is 5.32 Å². The lowest BCUT2D eigenvalue weighted by Crippen LogP contribution is -2.66. The molecule has 4 nitrogen and oxygen atoms in total. The van der Waals surface area contributed by atoms with E-state index in [0.29, 0.717) is 6.54 Å². The van der Waals surface area contributed by atoms with Gasteiger partial charge in [-0.3, -0.25) is 9.59 Å². The summed E-state index contributed by atoms with van der Waals surface area (Å²) >= 11 is 0. The highest BCUT2D eigenvalue weighted by Crippen LogP contribution is 2.32. The van der Waals surface area contributed by atoms with E-state index in [1.807, 2.05) is 7.05 Å². The van der Waals surface area contributed by atoms with Crippen LogP contribution in [0.2, 0.25) is 0 Å². The van der Waals surface area contributed by atoms with Gasteiger partial charge < -0.3 is 10.2 Å². The normalized spacial score (nSPS) is 28.4. The summed E-state index contributed by atoms with van der Waals surface area (Å²) < 4.78 is 0. The zero-order chi connectivity index (χ0) is 8.77. The summed E-state index contributed by atoms with van der Waals surface area (Å²) in [6, 6.07) is 0. The smallest absolute Gasteiger partial charge is 0.227 e. The zero-order valence-corrected chi connectivity index (χ0v) is 7.09. The Balaban J connectivity index is 2.09. The van der Waals surface area contributed by atoms with Crippen molar-refractivity contribution in [3.8, 4) is 0 Å². The summed E-state index contributed by atoms with van der Waals surface area (Å²) in [6.07, 6.45) is 0.0772. The number of ketones is 1. The summed E-state index contributed by atoms with van der Waals surface area (Å²) in [5.74, 6) is -0.00970. The van der Waals surface area contributed by atoms with Crippen molar-refractivity contribution in [1.29, 1.82) is 0 Å². The highest BCUT2D eigenvalue weighted by Gasteiger charge is 2.49. The van der Waals surface area contributed by atoms with Crippen LogP contribution in [0.3, 0.4) is 0 Å². The van der Waals surface area contributed by atoms with Gasteiger partial charge in [-0.1, -0.05) is 0 Å². The number of nitrogens with one attached hydrogen (secondary N) is 1. The molecule has 0 aliphatic carbocycles. The Morgan fingerprint density at radius 1 is 1.42 bits per heavy atom. The molecule has 66 valence electrons. The predicted molar refractivity (Wildman–Crippen MR) is 42.6 cm³/mol. The Labute approximate surface area is 70.9 Å². The minimum absolute atomic E-state index is 0.0772. The lowest BCUT2D eigenvalue weighted by atomic mass is 9.73. The first-order chi connectivity index (χ1) is 5.62. The fourth-order valence-electron chi connectivity index (χ4n) is 2.04. The molecule has 0 radical (unpaired) electrons. The van der Waals surface area contributed by atoms with E-state index in [-0.39, 0.29) is 23.5 Å². The van der Waals surface area contributed by atoms with E-state index in [1.54, 1.807) is 0 Å². The molecule has 2 aliphatic rings. The average molecular weight is 168 g/mol. The van der Waals surface area contributed by atoms with Gasteiger partial charge in [0.1, 0.15) is 0 Å². The summed E-state index contributed by atoms with van der Waals surface area (Å²) in [6.45, 7) is 2.13. The van der Waals surface area contributed by atoms with E-state index in [4.69, 9.17) is 0 Å². The quantitative estimate of drug-likeness (QED) is 0.472. The minimum atomic E-state index is -0.233. The molecule has 0 aromatic heterocycles. The molecule has 12 heavy (non-hydrogen) atoms. The van der Waals surface area contributed by atoms with Crippen molar-refractivity contribution in [1.82, 2.24) is 10.2 Å². The van der Waals surface area contributed by atoms with Gasteiger partial charge in [-0.15, -0.1) is 0 Å². The second-order valence-corrected chi connectivity index (χ2v) is 3.83. The van der Waals surface area contributed by atoms with Crippen molar-refractivity contribution in [2.45, 2.75) is 6.42 Å². The molecule has 1 amide bonds. The maximum atomic E-state index is 11.5. The largest absolute Gasteiger partial charge is 0.355 e. The molecular weight excluding hydrogens is 156 g/mol. The predicted octanol–water partition coefficient (Wildman–Crippen LogP) is -0.993. The molecule has 1 spiro atoms. The van der Waals surface area contributed by atoms with Gasteiger partial charge in [0.25, 0.3) is 0 Å². The third-order valence-corrected chi connectivity index (χ3v) is 2.68. The first-order valence-corrected chi connectivity index (χ1v) is 4.11. The average Bonchev–Trinajstić information content (AvgIpc) is 1.93. The number of nitrogens with zero attached hydrogens (tertiary/aromatic N) is 1. The molecule has 1 N–H and O–H groups in total. The van der Waals surface area contributed by atoms with Crippen LogP contribution in [-0.4, -0.2) is 43.3 Å². The van der Waals surface area contributed by atoms with Crippen LogP contribution in [0.4, 0.5) is 0 Å². The van der Waals surface area contributed by atoms with Crippen LogP contribution in [0.5, 0.6) is 0 Å². The minimum Gasteiger partial charge on any atom is -0.355 e. The molecule has 0 bridgehead atoms. The first-order valence-electron chi connectivity index (χ1n) is 4.11. The Morgan fingerprint density at radius 3 is 2.58 bits per heavy atom. The van der Waals surface area contributed by atoms with Crippen LogP contribution >= 0.6 is 0 Å². The van der Waals surface area contributed by atoms with Crippen molar-refractivity contribution in [3.05, 3.63) is 0 Å². The molecular formula is C8H12N2O2. The number of amides is 1. The van der Waals surface area contributed by atoms with Gasteiger partial charge in [0.05, 0.1) is 11.8 Å². The number of carbonyl (C=O) groups is 2. The van der Waals surface area contributed by atoms with Crippen molar-refractivity contribution >= 4 is 11.7 Å². The van der Waals surface area contributed by atoms with Gasteiger partial charge in [0, 0.05) is 19.6 Å². The van der Waals surface area contributed by atoms with E-state index in [1.165, 1.54) is 0 Å². The molecule has 0 saturated carbocycles. The first kappa shape index (κ1) is 7.73. The third-order valence-electron chi connectivity index (χ3n) is 2.68. The monoisotopic (exact) mass is 168 g/mol. The SMILES string of the molecule is CN1CC2(CNC(=O)CC2=O)C1. The maximum absolute atomic E-state index is 11.5. The fourth-order valence-corrected chi connectivity index (χ4v) is 2.04. The Hall–Kier alpha value is -0.900. The number of Topliss-reactive ketones (excluding diaryl/α,β-unsaturated/α-hetero) is 1. The second kappa shape index (κ2) is 2.29. The molecule has 4 heteroatoms. The van der Waals surface area contributed by atoms with Crippen LogP contribution in [-0.2, 0) is 9.59 Å². The standard InChI is InChI=1S/C8H12N2O2/c1-10-4-8(5-10)3-9-7(12)2-6(8)11/h2-5H2,1H3,(H,9,12). The van der Waals surface area contributed by atoms with Crippen LogP contribution in [0.1, 0.15) is 6.42 Å². The summed E-state index contributed by atoms with van der Waals surface area (Å²) in [7, 11) is 1.98.